The second-order valence-corrected chi connectivity index (χ2v) is 3.66. The van der Waals surface area contributed by atoms with Crippen LogP contribution in [-0.2, 0) is 4.74 Å². The second kappa shape index (κ2) is 4.53. The lowest BCUT2D eigenvalue weighted by Gasteiger charge is -2.29. The third-order valence-corrected chi connectivity index (χ3v) is 2.75. The highest BCUT2D eigenvalue weighted by atomic mass is 16.5. The first-order valence-electron chi connectivity index (χ1n) is 5.09. The molecule has 2 heterocycles. The normalized spacial score (nSPS) is 27.5. The molecule has 1 aromatic rings. The minimum Gasteiger partial charge on any atom is -0.373 e. The Morgan fingerprint density at radius 3 is 3.21 bits per heavy atom. The SMILES string of the molecule is CNC1CCOC(c2cccnc2)C1. The van der Waals surface area contributed by atoms with Crippen LogP contribution in [-0.4, -0.2) is 24.7 Å². The van der Waals surface area contributed by atoms with Gasteiger partial charge in [-0.1, -0.05) is 6.07 Å². The van der Waals surface area contributed by atoms with Crippen molar-refractivity contribution in [2.75, 3.05) is 13.7 Å². The highest BCUT2D eigenvalue weighted by molar-refractivity contribution is 5.13. The fraction of sp³-hybridized carbons (Fsp3) is 0.545. The van der Waals surface area contributed by atoms with E-state index < -0.39 is 0 Å². The summed E-state index contributed by atoms with van der Waals surface area (Å²) < 4.78 is 5.72. The van der Waals surface area contributed by atoms with E-state index in [1.54, 1.807) is 6.20 Å². The summed E-state index contributed by atoms with van der Waals surface area (Å²) in [6.45, 7) is 0.838. The topological polar surface area (TPSA) is 34.1 Å². The summed E-state index contributed by atoms with van der Waals surface area (Å²) in [5.74, 6) is 0. The van der Waals surface area contributed by atoms with Crippen molar-refractivity contribution in [2.45, 2.75) is 25.0 Å². The molecule has 0 aromatic carbocycles. The van der Waals surface area contributed by atoms with Crippen LogP contribution in [0.25, 0.3) is 0 Å². The molecule has 0 bridgehead atoms. The van der Waals surface area contributed by atoms with E-state index in [1.165, 1.54) is 5.56 Å². The van der Waals surface area contributed by atoms with E-state index >= 15 is 0 Å². The first-order chi connectivity index (χ1) is 6.90. The predicted octanol–water partition coefficient (Wildman–Crippen LogP) is 1.52. The van der Waals surface area contributed by atoms with E-state index in [0.29, 0.717) is 6.04 Å². The molecule has 0 aliphatic carbocycles. The quantitative estimate of drug-likeness (QED) is 0.771. The van der Waals surface area contributed by atoms with Crippen LogP contribution in [0.5, 0.6) is 0 Å². The lowest BCUT2D eigenvalue weighted by atomic mass is 9.99. The summed E-state index contributed by atoms with van der Waals surface area (Å²) >= 11 is 0. The molecule has 2 rings (SSSR count). The molecule has 0 amide bonds. The van der Waals surface area contributed by atoms with Gasteiger partial charge >= 0.3 is 0 Å². The van der Waals surface area contributed by atoms with Crippen LogP contribution in [0.1, 0.15) is 24.5 Å². The Morgan fingerprint density at radius 1 is 1.57 bits per heavy atom. The average molecular weight is 192 g/mol. The van der Waals surface area contributed by atoms with Crippen molar-refractivity contribution in [3.63, 3.8) is 0 Å². The number of hydrogen-bond donors (Lipinski definition) is 1. The van der Waals surface area contributed by atoms with E-state index in [-0.39, 0.29) is 6.10 Å². The van der Waals surface area contributed by atoms with Gasteiger partial charge in [0.25, 0.3) is 0 Å². The van der Waals surface area contributed by atoms with Gasteiger partial charge in [0.2, 0.25) is 0 Å². The van der Waals surface area contributed by atoms with E-state index in [0.717, 1.165) is 19.4 Å². The smallest absolute Gasteiger partial charge is 0.0854 e. The van der Waals surface area contributed by atoms with Crippen molar-refractivity contribution in [2.24, 2.45) is 0 Å². The zero-order valence-electron chi connectivity index (χ0n) is 8.44. The molecule has 3 heteroatoms. The van der Waals surface area contributed by atoms with Crippen molar-refractivity contribution in [1.82, 2.24) is 10.3 Å². The van der Waals surface area contributed by atoms with Crippen LogP contribution in [0.3, 0.4) is 0 Å². The summed E-state index contributed by atoms with van der Waals surface area (Å²) in [6, 6.07) is 4.62. The molecule has 0 saturated carbocycles. The third-order valence-electron chi connectivity index (χ3n) is 2.75. The third kappa shape index (κ3) is 2.11. The first kappa shape index (κ1) is 9.62. The minimum absolute atomic E-state index is 0.217. The zero-order chi connectivity index (χ0) is 9.80. The standard InChI is InChI=1S/C11H16N2O/c1-12-10-4-6-14-11(7-10)9-3-2-5-13-8-9/h2-3,5,8,10-12H,4,6-7H2,1H3. The summed E-state index contributed by atoms with van der Waals surface area (Å²) in [6.07, 6.45) is 6.05. The highest BCUT2D eigenvalue weighted by Gasteiger charge is 2.22. The molecule has 2 atom stereocenters. The van der Waals surface area contributed by atoms with Crippen LogP contribution < -0.4 is 5.32 Å². The van der Waals surface area contributed by atoms with Gasteiger partial charge in [-0.15, -0.1) is 0 Å². The Kier molecular flexibility index (Phi) is 3.11. The van der Waals surface area contributed by atoms with E-state index in [1.807, 2.05) is 19.3 Å². The zero-order valence-corrected chi connectivity index (χ0v) is 8.44. The molecule has 1 aliphatic rings. The van der Waals surface area contributed by atoms with Gasteiger partial charge in [0.1, 0.15) is 0 Å². The molecule has 1 aromatic heterocycles. The number of hydrogen-bond acceptors (Lipinski definition) is 3. The maximum atomic E-state index is 5.72. The van der Waals surface area contributed by atoms with E-state index in [9.17, 15) is 0 Å². The van der Waals surface area contributed by atoms with Crippen molar-refractivity contribution in [3.8, 4) is 0 Å². The monoisotopic (exact) mass is 192 g/mol. The number of nitrogens with zero attached hydrogens (tertiary/aromatic N) is 1. The van der Waals surface area contributed by atoms with Crippen molar-refractivity contribution >= 4 is 0 Å². The highest BCUT2D eigenvalue weighted by Crippen LogP contribution is 2.27. The fourth-order valence-corrected chi connectivity index (χ4v) is 1.86. The van der Waals surface area contributed by atoms with Crippen molar-refractivity contribution < 1.29 is 4.74 Å². The molecule has 1 fully saturated rings. The summed E-state index contributed by atoms with van der Waals surface area (Å²) in [5.41, 5.74) is 1.19. The Morgan fingerprint density at radius 2 is 2.50 bits per heavy atom. The van der Waals surface area contributed by atoms with E-state index in [4.69, 9.17) is 4.74 Å². The number of nitrogens with one attached hydrogen (secondary N) is 1. The maximum Gasteiger partial charge on any atom is 0.0854 e. The van der Waals surface area contributed by atoms with Crippen LogP contribution >= 0.6 is 0 Å². The van der Waals surface area contributed by atoms with Gasteiger partial charge < -0.3 is 10.1 Å². The van der Waals surface area contributed by atoms with Gasteiger partial charge in [0.15, 0.2) is 0 Å². The van der Waals surface area contributed by atoms with Crippen molar-refractivity contribution in [1.29, 1.82) is 0 Å². The largest absolute Gasteiger partial charge is 0.373 e. The fourth-order valence-electron chi connectivity index (χ4n) is 1.86. The summed E-state index contributed by atoms with van der Waals surface area (Å²) in [4.78, 5) is 4.11. The molecule has 0 radical (unpaired) electrons. The molecule has 14 heavy (non-hydrogen) atoms. The number of aromatic nitrogens is 1. The Labute approximate surface area is 84.5 Å². The molecule has 1 N–H and O–H groups in total. The number of ether oxygens (including phenoxy) is 1. The van der Waals surface area contributed by atoms with Crippen molar-refractivity contribution in [3.05, 3.63) is 30.1 Å². The molecule has 1 saturated heterocycles. The van der Waals surface area contributed by atoms with Gasteiger partial charge in [-0.05, 0) is 31.5 Å². The van der Waals surface area contributed by atoms with Crippen LogP contribution in [0.15, 0.2) is 24.5 Å². The molecule has 3 nitrogen and oxygen atoms in total. The second-order valence-electron chi connectivity index (χ2n) is 3.66. The van der Waals surface area contributed by atoms with Gasteiger partial charge in [0.05, 0.1) is 6.10 Å². The van der Waals surface area contributed by atoms with Crippen LogP contribution in [0, 0.1) is 0 Å². The minimum atomic E-state index is 0.217. The Balaban J connectivity index is 2.04. The summed E-state index contributed by atoms with van der Waals surface area (Å²) in [7, 11) is 2.01. The van der Waals surface area contributed by atoms with Gasteiger partial charge in [0, 0.05) is 25.0 Å². The summed E-state index contributed by atoms with van der Waals surface area (Å²) in [5, 5.41) is 3.30. The lowest BCUT2D eigenvalue weighted by Crippen LogP contribution is -2.33. The number of pyridine rings is 1. The Bertz CT molecular complexity index is 276. The van der Waals surface area contributed by atoms with Gasteiger partial charge in [-0.3, -0.25) is 4.98 Å². The number of rotatable bonds is 2. The average Bonchev–Trinajstić information content (AvgIpc) is 2.30. The first-order valence-corrected chi connectivity index (χ1v) is 5.09. The molecular weight excluding hydrogens is 176 g/mol. The predicted molar refractivity (Wildman–Crippen MR) is 55.0 cm³/mol. The van der Waals surface area contributed by atoms with E-state index in [2.05, 4.69) is 16.4 Å². The maximum absolute atomic E-state index is 5.72. The van der Waals surface area contributed by atoms with Crippen LogP contribution in [0.2, 0.25) is 0 Å². The molecular formula is C11H16N2O. The molecule has 76 valence electrons. The molecule has 1 aliphatic heterocycles. The van der Waals surface area contributed by atoms with Crippen LogP contribution in [0.4, 0.5) is 0 Å². The molecule has 2 unspecified atom stereocenters. The molecule has 0 spiro atoms. The Hall–Kier alpha value is -0.930. The van der Waals surface area contributed by atoms with Gasteiger partial charge in [-0.2, -0.15) is 0 Å². The lowest BCUT2D eigenvalue weighted by molar-refractivity contribution is 0.00136. The van der Waals surface area contributed by atoms with Gasteiger partial charge in [-0.25, -0.2) is 0 Å².